The van der Waals surface area contributed by atoms with Crippen molar-refractivity contribution in [2.75, 3.05) is 0 Å². The summed E-state index contributed by atoms with van der Waals surface area (Å²) in [6.45, 7) is 0. The third kappa shape index (κ3) is 3.61. The van der Waals surface area contributed by atoms with Crippen LogP contribution in [0.1, 0.15) is 5.56 Å². The summed E-state index contributed by atoms with van der Waals surface area (Å²) >= 11 is 6.53. The molecule has 18 heavy (non-hydrogen) atoms. The van der Waals surface area contributed by atoms with Crippen molar-refractivity contribution in [1.82, 2.24) is 9.97 Å². The van der Waals surface area contributed by atoms with Crippen molar-refractivity contribution >= 4 is 43.5 Å². The highest BCUT2D eigenvalue weighted by Gasteiger charge is 2.04. The van der Waals surface area contributed by atoms with E-state index in [2.05, 4.69) is 46.8 Å². The Bertz CT molecular complexity index is 570. The molecule has 2 aromatic rings. The molecule has 0 fully saturated rings. The molecule has 4 nitrogen and oxygen atoms in total. The molecular formula is C12H10Br2N4. The molecule has 2 N–H and O–H groups in total. The molecule has 1 aromatic carbocycles. The maximum Gasteiger partial charge on any atom is 0.187 e. The van der Waals surface area contributed by atoms with Gasteiger partial charge in [-0.05, 0) is 37.4 Å². The predicted molar refractivity (Wildman–Crippen MR) is 78.9 cm³/mol. The first-order valence-corrected chi connectivity index (χ1v) is 6.79. The lowest BCUT2D eigenvalue weighted by Crippen LogP contribution is -2.14. The van der Waals surface area contributed by atoms with Crippen LogP contribution in [0.15, 0.2) is 50.7 Å². The van der Waals surface area contributed by atoms with Gasteiger partial charge in [0.2, 0.25) is 0 Å². The molecular weight excluding hydrogens is 360 g/mol. The van der Waals surface area contributed by atoms with E-state index in [1.165, 1.54) is 0 Å². The smallest absolute Gasteiger partial charge is 0.187 e. The number of nitrogens with two attached hydrogens (primary N) is 1. The van der Waals surface area contributed by atoms with Gasteiger partial charge in [-0.25, -0.2) is 15.0 Å². The van der Waals surface area contributed by atoms with Crippen molar-refractivity contribution in [3.63, 3.8) is 0 Å². The van der Waals surface area contributed by atoms with Gasteiger partial charge in [0.1, 0.15) is 10.4 Å². The highest BCUT2D eigenvalue weighted by Crippen LogP contribution is 2.22. The third-order valence-corrected chi connectivity index (χ3v) is 3.07. The standard InChI is InChI=1S/C12H10Br2N4/c13-9-7-16-12(11(14)17-9)18-10(15)6-8-4-2-1-3-5-8/h1-5,7H,6H2,(H2,15,16,18). The molecule has 0 atom stereocenters. The van der Waals surface area contributed by atoms with Crippen LogP contribution in [-0.2, 0) is 6.42 Å². The van der Waals surface area contributed by atoms with E-state index >= 15 is 0 Å². The van der Waals surface area contributed by atoms with E-state index in [0.717, 1.165) is 5.56 Å². The molecule has 0 radical (unpaired) electrons. The first kappa shape index (κ1) is 13.2. The fraction of sp³-hybridized carbons (Fsp3) is 0.0833. The molecule has 1 heterocycles. The van der Waals surface area contributed by atoms with E-state index in [1.54, 1.807) is 6.20 Å². The van der Waals surface area contributed by atoms with Gasteiger partial charge in [-0.2, -0.15) is 0 Å². The molecule has 6 heteroatoms. The molecule has 92 valence electrons. The summed E-state index contributed by atoms with van der Waals surface area (Å²) in [5.74, 6) is 0.977. The molecule has 0 saturated carbocycles. The molecule has 2 rings (SSSR count). The number of hydrogen-bond acceptors (Lipinski definition) is 3. The number of rotatable bonds is 3. The monoisotopic (exact) mass is 368 g/mol. The van der Waals surface area contributed by atoms with Crippen molar-refractivity contribution in [2.24, 2.45) is 10.7 Å². The lowest BCUT2D eigenvalue weighted by Gasteiger charge is -2.02. The van der Waals surface area contributed by atoms with E-state index in [1.807, 2.05) is 30.3 Å². The fourth-order valence-electron chi connectivity index (χ4n) is 1.40. The number of hydrogen-bond donors (Lipinski definition) is 1. The molecule has 0 bridgehead atoms. The van der Waals surface area contributed by atoms with E-state index < -0.39 is 0 Å². The zero-order chi connectivity index (χ0) is 13.0. The first-order valence-electron chi connectivity index (χ1n) is 5.20. The first-order chi connectivity index (χ1) is 8.65. The van der Waals surface area contributed by atoms with Crippen LogP contribution >= 0.6 is 31.9 Å². The Labute approximate surface area is 122 Å². The van der Waals surface area contributed by atoms with Crippen LogP contribution < -0.4 is 5.73 Å². The maximum absolute atomic E-state index is 5.89. The van der Waals surface area contributed by atoms with Gasteiger partial charge in [0.25, 0.3) is 0 Å². The number of nitrogens with zero attached hydrogens (tertiary/aromatic N) is 3. The van der Waals surface area contributed by atoms with Gasteiger partial charge in [0, 0.05) is 6.42 Å². The Morgan fingerprint density at radius 3 is 2.61 bits per heavy atom. The Hall–Kier alpha value is -1.27. The number of amidine groups is 1. The highest BCUT2D eigenvalue weighted by molar-refractivity contribution is 9.11. The summed E-state index contributed by atoms with van der Waals surface area (Å²) in [6, 6.07) is 9.92. The largest absolute Gasteiger partial charge is 0.387 e. The minimum atomic E-state index is 0.478. The summed E-state index contributed by atoms with van der Waals surface area (Å²) in [7, 11) is 0. The van der Waals surface area contributed by atoms with Crippen molar-refractivity contribution < 1.29 is 0 Å². The molecule has 0 spiro atoms. The van der Waals surface area contributed by atoms with Crippen molar-refractivity contribution in [3.8, 4) is 0 Å². The van der Waals surface area contributed by atoms with Crippen molar-refractivity contribution in [2.45, 2.75) is 6.42 Å². The van der Waals surface area contributed by atoms with Crippen LogP contribution in [0.5, 0.6) is 0 Å². The second-order valence-corrected chi connectivity index (χ2v) is 5.14. The zero-order valence-electron chi connectivity index (χ0n) is 9.35. The Balaban J connectivity index is 2.18. The van der Waals surface area contributed by atoms with E-state index in [9.17, 15) is 0 Å². The quantitative estimate of drug-likeness (QED) is 0.667. The zero-order valence-corrected chi connectivity index (χ0v) is 12.5. The Morgan fingerprint density at radius 2 is 1.94 bits per heavy atom. The molecule has 0 unspecified atom stereocenters. The Morgan fingerprint density at radius 1 is 1.22 bits per heavy atom. The van der Waals surface area contributed by atoms with Crippen molar-refractivity contribution in [3.05, 3.63) is 51.3 Å². The second kappa shape index (κ2) is 6.06. The normalized spacial score (nSPS) is 11.6. The van der Waals surface area contributed by atoms with Gasteiger partial charge < -0.3 is 5.73 Å². The van der Waals surface area contributed by atoms with Crippen LogP contribution in [0.25, 0.3) is 0 Å². The molecule has 0 aliphatic rings. The predicted octanol–water partition coefficient (Wildman–Crippen LogP) is 3.23. The third-order valence-electron chi connectivity index (χ3n) is 2.16. The minimum Gasteiger partial charge on any atom is -0.387 e. The highest BCUT2D eigenvalue weighted by atomic mass is 79.9. The minimum absolute atomic E-state index is 0.478. The molecule has 1 aromatic heterocycles. The maximum atomic E-state index is 5.89. The van der Waals surface area contributed by atoms with Crippen molar-refractivity contribution in [1.29, 1.82) is 0 Å². The van der Waals surface area contributed by atoms with Gasteiger partial charge in [-0.3, -0.25) is 0 Å². The molecule has 0 aliphatic carbocycles. The van der Waals surface area contributed by atoms with Crippen LogP contribution in [0.4, 0.5) is 5.82 Å². The lowest BCUT2D eigenvalue weighted by atomic mass is 10.1. The van der Waals surface area contributed by atoms with Crippen LogP contribution in [-0.4, -0.2) is 15.8 Å². The van der Waals surface area contributed by atoms with Crippen LogP contribution in [0.3, 0.4) is 0 Å². The average Bonchev–Trinajstić information content (AvgIpc) is 2.34. The van der Waals surface area contributed by atoms with E-state index in [-0.39, 0.29) is 0 Å². The average molecular weight is 370 g/mol. The van der Waals surface area contributed by atoms with E-state index in [0.29, 0.717) is 27.3 Å². The van der Waals surface area contributed by atoms with Crippen LogP contribution in [0, 0.1) is 0 Å². The number of benzene rings is 1. The molecule has 0 amide bonds. The lowest BCUT2D eigenvalue weighted by molar-refractivity contribution is 1.10. The summed E-state index contributed by atoms with van der Waals surface area (Å²) in [6.07, 6.45) is 2.17. The fourth-order valence-corrected chi connectivity index (χ4v) is 2.30. The number of aliphatic imine (C=N–C) groups is 1. The topological polar surface area (TPSA) is 64.2 Å². The number of halogens is 2. The molecule has 0 saturated heterocycles. The van der Waals surface area contributed by atoms with Gasteiger partial charge in [-0.15, -0.1) is 0 Å². The van der Waals surface area contributed by atoms with Crippen LogP contribution in [0.2, 0.25) is 0 Å². The van der Waals surface area contributed by atoms with Gasteiger partial charge in [0.05, 0.1) is 6.20 Å². The summed E-state index contributed by atoms with van der Waals surface area (Å²) in [5, 5.41) is 0. The summed E-state index contributed by atoms with van der Waals surface area (Å²) in [4.78, 5) is 12.5. The molecule has 0 aliphatic heterocycles. The Kier molecular flexibility index (Phi) is 4.43. The SMILES string of the molecule is NC(Cc1ccccc1)=Nc1ncc(Br)nc1Br. The summed E-state index contributed by atoms with van der Waals surface area (Å²) < 4.78 is 1.21. The van der Waals surface area contributed by atoms with Gasteiger partial charge in [0.15, 0.2) is 10.4 Å². The van der Waals surface area contributed by atoms with E-state index in [4.69, 9.17) is 5.73 Å². The number of aromatic nitrogens is 2. The van der Waals surface area contributed by atoms with Gasteiger partial charge >= 0.3 is 0 Å². The van der Waals surface area contributed by atoms with Gasteiger partial charge in [-0.1, -0.05) is 30.3 Å². The second-order valence-electron chi connectivity index (χ2n) is 3.57. The summed E-state index contributed by atoms with van der Waals surface area (Å²) in [5.41, 5.74) is 7.01.